The van der Waals surface area contributed by atoms with Crippen LogP contribution in [0.4, 0.5) is 0 Å². The number of nitrogens with one attached hydrogen (secondary N) is 1. The lowest BCUT2D eigenvalue weighted by Gasteiger charge is -2.39. The zero-order valence-electron chi connectivity index (χ0n) is 11.0. The highest BCUT2D eigenvalue weighted by Gasteiger charge is 2.31. The summed E-state index contributed by atoms with van der Waals surface area (Å²) in [7, 11) is 0. The van der Waals surface area contributed by atoms with Crippen molar-refractivity contribution in [1.82, 2.24) is 5.32 Å². The summed E-state index contributed by atoms with van der Waals surface area (Å²) >= 11 is 0. The van der Waals surface area contributed by atoms with Gasteiger partial charge in [0.2, 0.25) is 0 Å². The molecule has 0 radical (unpaired) electrons. The Hall–Kier alpha value is -0.0400. The van der Waals surface area contributed by atoms with Crippen molar-refractivity contribution in [2.75, 3.05) is 6.54 Å². The molecule has 94 valence electrons. The molecule has 2 rings (SSSR count). The molecular weight excluding hydrogens is 194 g/mol. The summed E-state index contributed by atoms with van der Waals surface area (Å²) in [5.41, 5.74) is 0. The predicted molar refractivity (Wildman–Crippen MR) is 70.6 cm³/mol. The second-order valence-corrected chi connectivity index (χ2v) is 5.91. The maximum absolute atomic E-state index is 3.82. The number of hydrogen-bond donors (Lipinski definition) is 1. The van der Waals surface area contributed by atoms with Crippen molar-refractivity contribution in [3.8, 4) is 0 Å². The zero-order chi connectivity index (χ0) is 11.2. The summed E-state index contributed by atoms with van der Waals surface area (Å²) in [6.45, 7) is 3.51. The third-order valence-corrected chi connectivity index (χ3v) is 4.73. The van der Waals surface area contributed by atoms with Gasteiger partial charge in [0.15, 0.2) is 0 Å². The van der Waals surface area contributed by atoms with Crippen LogP contribution in [-0.4, -0.2) is 12.6 Å². The second kappa shape index (κ2) is 6.64. The average Bonchev–Trinajstić information content (AvgIpc) is 2.38. The van der Waals surface area contributed by atoms with Crippen molar-refractivity contribution >= 4 is 0 Å². The van der Waals surface area contributed by atoms with Gasteiger partial charge in [0.05, 0.1) is 0 Å². The van der Waals surface area contributed by atoms with Gasteiger partial charge in [0.25, 0.3) is 0 Å². The van der Waals surface area contributed by atoms with Crippen LogP contribution in [0.25, 0.3) is 0 Å². The van der Waals surface area contributed by atoms with E-state index in [1.54, 1.807) is 0 Å². The minimum absolute atomic E-state index is 0.858. The zero-order valence-corrected chi connectivity index (χ0v) is 11.0. The van der Waals surface area contributed by atoms with Gasteiger partial charge in [-0.15, -0.1) is 0 Å². The first-order valence-corrected chi connectivity index (χ1v) is 7.65. The molecule has 1 nitrogen and oxygen atoms in total. The molecule has 2 aliphatic rings. The van der Waals surface area contributed by atoms with E-state index < -0.39 is 0 Å². The maximum atomic E-state index is 3.82. The third-order valence-electron chi connectivity index (χ3n) is 4.73. The van der Waals surface area contributed by atoms with Crippen LogP contribution in [0, 0.1) is 11.8 Å². The monoisotopic (exact) mass is 223 g/mol. The SMILES string of the molecule is CCCNC1CCCCC1C1CCCCC1. The minimum Gasteiger partial charge on any atom is -0.314 e. The molecule has 0 bridgehead atoms. The highest BCUT2D eigenvalue weighted by Crippen LogP contribution is 2.38. The fourth-order valence-corrected chi connectivity index (χ4v) is 3.87. The van der Waals surface area contributed by atoms with Gasteiger partial charge in [-0.05, 0) is 37.6 Å². The maximum Gasteiger partial charge on any atom is 0.00979 e. The Labute approximate surface area is 101 Å². The lowest BCUT2D eigenvalue weighted by Crippen LogP contribution is -2.42. The second-order valence-electron chi connectivity index (χ2n) is 5.91. The van der Waals surface area contributed by atoms with Gasteiger partial charge in [0.1, 0.15) is 0 Å². The first kappa shape index (κ1) is 12.4. The fraction of sp³-hybridized carbons (Fsp3) is 1.00. The van der Waals surface area contributed by atoms with E-state index in [1.165, 1.54) is 70.8 Å². The lowest BCUT2D eigenvalue weighted by atomic mass is 9.71. The van der Waals surface area contributed by atoms with Gasteiger partial charge < -0.3 is 5.32 Å². The van der Waals surface area contributed by atoms with E-state index in [0.717, 1.165) is 17.9 Å². The predicted octanol–water partition coefficient (Wildman–Crippen LogP) is 4.13. The first-order chi connectivity index (χ1) is 7.92. The van der Waals surface area contributed by atoms with Gasteiger partial charge in [-0.3, -0.25) is 0 Å². The van der Waals surface area contributed by atoms with E-state index in [4.69, 9.17) is 0 Å². The van der Waals surface area contributed by atoms with E-state index in [1.807, 2.05) is 0 Å². The van der Waals surface area contributed by atoms with E-state index >= 15 is 0 Å². The van der Waals surface area contributed by atoms with Crippen LogP contribution in [-0.2, 0) is 0 Å². The molecule has 0 heterocycles. The molecule has 2 atom stereocenters. The highest BCUT2D eigenvalue weighted by molar-refractivity contribution is 4.86. The third kappa shape index (κ3) is 3.23. The van der Waals surface area contributed by atoms with Crippen LogP contribution in [0.1, 0.15) is 71.1 Å². The minimum atomic E-state index is 0.858. The smallest absolute Gasteiger partial charge is 0.00979 e. The van der Waals surface area contributed by atoms with Gasteiger partial charge in [0, 0.05) is 6.04 Å². The molecule has 0 aliphatic heterocycles. The van der Waals surface area contributed by atoms with E-state index in [0.29, 0.717) is 0 Å². The van der Waals surface area contributed by atoms with Gasteiger partial charge >= 0.3 is 0 Å². The fourth-order valence-electron chi connectivity index (χ4n) is 3.87. The molecule has 2 fully saturated rings. The molecular formula is C15H29N. The molecule has 1 N–H and O–H groups in total. The molecule has 0 aromatic carbocycles. The Bertz CT molecular complexity index is 184. The molecule has 0 aromatic rings. The van der Waals surface area contributed by atoms with E-state index in [2.05, 4.69) is 12.2 Å². The molecule has 0 spiro atoms. The van der Waals surface area contributed by atoms with Crippen molar-refractivity contribution in [2.45, 2.75) is 77.2 Å². The Morgan fingerprint density at radius 3 is 2.31 bits per heavy atom. The largest absolute Gasteiger partial charge is 0.314 e. The molecule has 1 heteroatoms. The van der Waals surface area contributed by atoms with Crippen LogP contribution in [0.5, 0.6) is 0 Å². The van der Waals surface area contributed by atoms with Gasteiger partial charge in [-0.1, -0.05) is 51.9 Å². The van der Waals surface area contributed by atoms with Crippen molar-refractivity contribution in [3.63, 3.8) is 0 Å². The summed E-state index contributed by atoms with van der Waals surface area (Å²) in [6.07, 6.45) is 14.7. The number of rotatable bonds is 4. The Morgan fingerprint density at radius 2 is 1.56 bits per heavy atom. The van der Waals surface area contributed by atoms with Gasteiger partial charge in [-0.25, -0.2) is 0 Å². The number of hydrogen-bond acceptors (Lipinski definition) is 1. The van der Waals surface area contributed by atoms with Crippen molar-refractivity contribution in [2.24, 2.45) is 11.8 Å². The van der Waals surface area contributed by atoms with Crippen LogP contribution in [0.3, 0.4) is 0 Å². The molecule has 0 aromatic heterocycles. The summed E-state index contributed by atoms with van der Waals surface area (Å²) in [5, 5.41) is 3.82. The van der Waals surface area contributed by atoms with Crippen LogP contribution in [0.15, 0.2) is 0 Å². The summed E-state index contributed by atoms with van der Waals surface area (Å²) in [6, 6.07) is 0.858. The van der Waals surface area contributed by atoms with Crippen molar-refractivity contribution in [3.05, 3.63) is 0 Å². The molecule has 0 saturated heterocycles. The van der Waals surface area contributed by atoms with Gasteiger partial charge in [-0.2, -0.15) is 0 Å². The van der Waals surface area contributed by atoms with E-state index in [-0.39, 0.29) is 0 Å². The topological polar surface area (TPSA) is 12.0 Å². The first-order valence-electron chi connectivity index (χ1n) is 7.65. The van der Waals surface area contributed by atoms with E-state index in [9.17, 15) is 0 Å². The summed E-state index contributed by atoms with van der Waals surface area (Å²) in [5.74, 6) is 2.07. The van der Waals surface area contributed by atoms with Crippen LogP contribution in [0.2, 0.25) is 0 Å². The quantitative estimate of drug-likeness (QED) is 0.756. The Kier molecular flexibility index (Phi) is 5.15. The Morgan fingerprint density at radius 1 is 0.875 bits per heavy atom. The standard InChI is InChI=1S/C15H29N/c1-2-12-16-15-11-7-6-10-14(15)13-8-4-3-5-9-13/h13-16H,2-12H2,1H3. The van der Waals surface area contributed by atoms with Crippen LogP contribution >= 0.6 is 0 Å². The van der Waals surface area contributed by atoms with Crippen LogP contribution < -0.4 is 5.32 Å². The highest BCUT2D eigenvalue weighted by atomic mass is 14.9. The molecule has 2 saturated carbocycles. The molecule has 16 heavy (non-hydrogen) atoms. The molecule has 0 amide bonds. The molecule has 2 aliphatic carbocycles. The Balaban J connectivity index is 1.86. The normalized spacial score (nSPS) is 32.8. The average molecular weight is 223 g/mol. The van der Waals surface area contributed by atoms with Crippen molar-refractivity contribution in [1.29, 1.82) is 0 Å². The summed E-state index contributed by atoms with van der Waals surface area (Å²) < 4.78 is 0. The summed E-state index contributed by atoms with van der Waals surface area (Å²) in [4.78, 5) is 0. The molecule has 2 unspecified atom stereocenters. The van der Waals surface area contributed by atoms with Crippen molar-refractivity contribution < 1.29 is 0 Å². The lowest BCUT2D eigenvalue weighted by molar-refractivity contribution is 0.150.